The van der Waals surface area contributed by atoms with E-state index < -0.39 is 11.5 Å². The first-order chi connectivity index (χ1) is 18.3. The number of amides is 2. The Hall–Kier alpha value is -4.24. The fourth-order valence-electron chi connectivity index (χ4n) is 4.50. The molecule has 9 nitrogen and oxygen atoms in total. The van der Waals surface area contributed by atoms with Crippen LogP contribution in [0.25, 0.3) is 22.2 Å². The third-order valence-corrected chi connectivity index (χ3v) is 6.85. The molecule has 1 aliphatic heterocycles. The number of fused-ring (bicyclic) bond motifs is 1. The number of carbonyl (C=O) groups excluding carboxylic acids is 2. The average molecular weight is 531 g/mol. The summed E-state index contributed by atoms with van der Waals surface area (Å²) in [7, 11) is 1.79. The van der Waals surface area contributed by atoms with Crippen LogP contribution in [0.15, 0.2) is 65.7 Å². The van der Waals surface area contributed by atoms with E-state index in [1.54, 1.807) is 48.6 Å². The molecule has 2 amide bonds. The van der Waals surface area contributed by atoms with E-state index in [9.17, 15) is 14.4 Å². The highest BCUT2D eigenvalue weighted by Crippen LogP contribution is 2.24. The second-order valence-electron chi connectivity index (χ2n) is 9.48. The van der Waals surface area contributed by atoms with Crippen LogP contribution < -0.4 is 16.2 Å². The summed E-state index contributed by atoms with van der Waals surface area (Å²) < 4.78 is 1.30. The number of pyridine rings is 3. The maximum Gasteiger partial charge on any atom is 0.265 e. The average Bonchev–Trinajstić information content (AvgIpc) is 2.91. The number of nitrogens with one attached hydrogen (secondary N) is 2. The molecule has 0 saturated carbocycles. The minimum atomic E-state index is -0.561. The molecule has 38 heavy (non-hydrogen) atoms. The highest BCUT2D eigenvalue weighted by atomic mass is 35.5. The molecule has 1 fully saturated rings. The largest absolute Gasteiger partial charge is 0.373 e. The van der Waals surface area contributed by atoms with Gasteiger partial charge < -0.3 is 15.5 Å². The number of anilines is 1. The van der Waals surface area contributed by atoms with Gasteiger partial charge in [-0.05, 0) is 53.4 Å². The second-order valence-corrected chi connectivity index (χ2v) is 9.92. The molecule has 3 aromatic heterocycles. The van der Waals surface area contributed by atoms with Crippen molar-refractivity contribution >= 4 is 40.3 Å². The first-order valence-electron chi connectivity index (χ1n) is 12.3. The minimum Gasteiger partial charge on any atom is -0.373 e. The number of nitrogens with zero attached hydrogens (tertiary/aromatic N) is 4. The highest BCUT2D eigenvalue weighted by Gasteiger charge is 2.28. The summed E-state index contributed by atoms with van der Waals surface area (Å²) in [6.07, 6.45) is 3.35. The molecular formula is C28H27ClN6O3. The summed E-state index contributed by atoms with van der Waals surface area (Å²) in [6.45, 7) is 3.41. The zero-order valence-electron chi connectivity index (χ0n) is 21.1. The van der Waals surface area contributed by atoms with Gasteiger partial charge in [-0.25, -0.2) is 9.97 Å². The first kappa shape index (κ1) is 25.4. The zero-order valence-corrected chi connectivity index (χ0v) is 21.8. The van der Waals surface area contributed by atoms with Crippen LogP contribution in [0.2, 0.25) is 5.02 Å². The summed E-state index contributed by atoms with van der Waals surface area (Å²) in [5.74, 6) is 0.423. The molecule has 1 aromatic carbocycles. The van der Waals surface area contributed by atoms with Gasteiger partial charge in [0.25, 0.3) is 11.5 Å². The molecule has 0 bridgehead atoms. The van der Waals surface area contributed by atoms with Gasteiger partial charge in [-0.15, -0.1) is 0 Å². The number of hydrogen-bond donors (Lipinski definition) is 2. The van der Waals surface area contributed by atoms with Crippen LogP contribution in [0.3, 0.4) is 0 Å². The molecule has 4 heterocycles. The highest BCUT2D eigenvalue weighted by molar-refractivity contribution is 6.30. The Morgan fingerprint density at radius 3 is 2.53 bits per heavy atom. The van der Waals surface area contributed by atoms with Crippen molar-refractivity contribution in [2.24, 2.45) is 5.92 Å². The summed E-state index contributed by atoms with van der Waals surface area (Å²) in [4.78, 5) is 50.1. The lowest BCUT2D eigenvalue weighted by Crippen LogP contribution is -2.50. The van der Waals surface area contributed by atoms with Crippen LogP contribution >= 0.6 is 11.6 Å². The van der Waals surface area contributed by atoms with Crippen molar-refractivity contribution in [3.63, 3.8) is 0 Å². The molecule has 4 aromatic rings. The lowest BCUT2D eigenvalue weighted by atomic mass is 10.0. The van der Waals surface area contributed by atoms with E-state index in [1.165, 1.54) is 10.6 Å². The Kier molecular flexibility index (Phi) is 7.11. The number of benzene rings is 1. The number of aromatic nitrogens is 3. The van der Waals surface area contributed by atoms with Crippen molar-refractivity contribution in [2.45, 2.75) is 20.0 Å². The Balaban J connectivity index is 1.53. The molecule has 194 valence electrons. The van der Waals surface area contributed by atoms with Crippen LogP contribution in [0, 0.1) is 5.92 Å². The van der Waals surface area contributed by atoms with Gasteiger partial charge in [0.1, 0.15) is 23.6 Å². The predicted molar refractivity (Wildman–Crippen MR) is 147 cm³/mol. The Labute approximate surface area is 224 Å². The van der Waals surface area contributed by atoms with Crippen molar-refractivity contribution in [2.75, 3.05) is 25.5 Å². The minimum absolute atomic E-state index is 0.0548. The van der Waals surface area contributed by atoms with E-state index in [4.69, 9.17) is 11.6 Å². The Morgan fingerprint density at radius 2 is 1.82 bits per heavy atom. The molecule has 0 unspecified atom stereocenters. The summed E-state index contributed by atoms with van der Waals surface area (Å²) in [6, 6.07) is 14.2. The van der Waals surface area contributed by atoms with E-state index in [0.717, 1.165) is 16.7 Å². The van der Waals surface area contributed by atoms with Gasteiger partial charge in [0.2, 0.25) is 5.91 Å². The number of rotatable bonds is 7. The topological polar surface area (TPSA) is 109 Å². The van der Waals surface area contributed by atoms with E-state index in [2.05, 4.69) is 27.5 Å². The summed E-state index contributed by atoms with van der Waals surface area (Å²) in [5.41, 5.74) is 2.23. The molecule has 0 radical (unpaired) electrons. The Morgan fingerprint density at radius 1 is 1.05 bits per heavy atom. The number of halogens is 1. The third-order valence-electron chi connectivity index (χ3n) is 6.60. The first-order valence-corrected chi connectivity index (χ1v) is 12.7. The van der Waals surface area contributed by atoms with Crippen molar-refractivity contribution < 1.29 is 9.59 Å². The monoisotopic (exact) mass is 530 g/mol. The third kappa shape index (κ3) is 5.24. The predicted octanol–water partition coefficient (Wildman–Crippen LogP) is 3.56. The number of likely N-dealkylation sites (tertiary alicyclic amines) is 1. The van der Waals surface area contributed by atoms with Gasteiger partial charge in [0.15, 0.2) is 0 Å². The maximum absolute atomic E-state index is 13.5. The molecular weight excluding hydrogens is 504 g/mol. The van der Waals surface area contributed by atoms with Crippen LogP contribution in [-0.4, -0.2) is 51.4 Å². The van der Waals surface area contributed by atoms with Crippen LogP contribution in [-0.2, 0) is 17.9 Å². The van der Waals surface area contributed by atoms with E-state index in [1.807, 2.05) is 18.2 Å². The summed E-state index contributed by atoms with van der Waals surface area (Å²) in [5, 5.41) is 6.99. The van der Waals surface area contributed by atoms with Gasteiger partial charge in [0.05, 0.1) is 0 Å². The molecule has 5 rings (SSSR count). The SMILES string of the molecule is CNc1cc(-c2cnc3c(c2)cc(C(=O)NCc2ccc(Cl)cc2)c(=O)n3CC(=O)N2CC(C)C2)ccn1. The van der Waals surface area contributed by atoms with Crippen molar-refractivity contribution in [1.29, 1.82) is 0 Å². The van der Waals surface area contributed by atoms with Gasteiger partial charge in [-0.3, -0.25) is 19.0 Å². The molecule has 10 heteroatoms. The van der Waals surface area contributed by atoms with Crippen LogP contribution in [0.1, 0.15) is 22.8 Å². The van der Waals surface area contributed by atoms with Crippen molar-refractivity contribution in [1.82, 2.24) is 24.8 Å². The Bertz CT molecular complexity index is 1580. The van der Waals surface area contributed by atoms with Crippen molar-refractivity contribution in [3.05, 3.63) is 87.4 Å². The molecule has 1 saturated heterocycles. The number of hydrogen-bond acceptors (Lipinski definition) is 6. The lowest BCUT2D eigenvalue weighted by Gasteiger charge is -2.37. The van der Waals surface area contributed by atoms with Gasteiger partial charge >= 0.3 is 0 Å². The number of carbonyl (C=O) groups is 2. The van der Waals surface area contributed by atoms with E-state index in [0.29, 0.717) is 40.9 Å². The second kappa shape index (κ2) is 10.6. The van der Waals surface area contributed by atoms with Gasteiger partial charge in [0, 0.05) is 55.0 Å². The quantitative estimate of drug-likeness (QED) is 0.378. The normalized spacial score (nSPS) is 13.3. The standard InChI is InChI=1S/C28H27ClN6O3/c1-17-14-34(15-17)25(36)16-35-26-20(9-21(13-32-26)19-7-8-31-24(11-19)30-2)10-23(28(35)38)27(37)33-12-18-3-5-22(29)6-4-18/h3-11,13,17H,12,14-16H2,1-2H3,(H,30,31)(H,33,37). The molecule has 1 aliphatic rings. The van der Waals surface area contributed by atoms with Crippen LogP contribution in [0.4, 0.5) is 5.82 Å². The molecule has 0 atom stereocenters. The van der Waals surface area contributed by atoms with Crippen LogP contribution in [0.5, 0.6) is 0 Å². The maximum atomic E-state index is 13.5. The smallest absolute Gasteiger partial charge is 0.265 e. The van der Waals surface area contributed by atoms with Crippen molar-refractivity contribution in [3.8, 4) is 11.1 Å². The lowest BCUT2D eigenvalue weighted by molar-refractivity contribution is -0.137. The van der Waals surface area contributed by atoms with Gasteiger partial charge in [-0.1, -0.05) is 30.7 Å². The fourth-order valence-corrected chi connectivity index (χ4v) is 4.62. The summed E-state index contributed by atoms with van der Waals surface area (Å²) >= 11 is 5.95. The van der Waals surface area contributed by atoms with Gasteiger partial charge in [-0.2, -0.15) is 0 Å². The fraction of sp³-hybridized carbons (Fsp3) is 0.250. The van der Waals surface area contributed by atoms with E-state index >= 15 is 0 Å². The van der Waals surface area contributed by atoms with E-state index in [-0.39, 0.29) is 24.6 Å². The molecule has 2 N–H and O–H groups in total. The zero-order chi connectivity index (χ0) is 26.8. The molecule has 0 spiro atoms. The molecule has 0 aliphatic carbocycles.